The summed E-state index contributed by atoms with van der Waals surface area (Å²) in [7, 11) is 0. The van der Waals surface area contributed by atoms with Gasteiger partial charge >= 0.3 is 0 Å². The molecule has 0 aliphatic carbocycles. The summed E-state index contributed by atoms with van der Waals surface area (Å²) in [5, 5.41) is 8.40. The Morgan fingerprint density at radius 1 is 1.50 bits per heavy atom. The number of aryl methyl sites for hydroxylation is 2. The van der Waals surface area contributed by atoms with Gasteiger partial charge in [-0.1, -0.05) is 6.92 Å². The van der Waals surface area contributed by atoms with Crippen LogP contribution in [0.2, 0.25) is 0 Å². The molecule has 2 N–H and O–H groups in total. The second-order valence-corrected chi connectivity index (χ2v) is 4.17. The lowest BCUT2D eigenvalue weighted by Crippen LogP contribution is -2.12. The van der Waals surface area contributed by atoms with Crippen molar-refractivity contribution in [2.75, 3.05) is 6.54 Å². The van der Waals surface area contributed by atoms with Crippen LogP contribution < -0.4 is 5.73 Å². The van der Waals surface area contributed by atoms with Crippen LogP contribution in [0.15, 0.2) is 0 Å². The highest BCUT2D eigenvalue weighted by Crippen LogP contribution is 2.16. The van der Waals surface area contributed by atoms with Gasteiger partial charge in [0.25, 0.3) is 0 Å². The lowest BCUT2D eigenvalue weighted by molar-refractivity contribution is 0.524. The first-order valence-corrected chi connectivity index (χ1v) is 5.42. The summed E-state index contributed by atoms with van der Waals surface area (Å²) >= 11 is 0. The first-order valence-electron chi connectivity index (χ1n) is 5.42. The molecule has 0 saturated heterocycles. The van der Waals surface area contributed by atoms with Crippen LogP contribution in [0.3, 0.4) is 0 Å². The van der Waals surface area contributed by atoms with Gasteiger partial charge in [0.2, 0.25) is 0 Å². The molecule has 14 heavy (non-hydrogen) atoms. The van der Waals surface area contributed by atoms with Gasteiger partial charge in [0.05, 0.1) is 0 Å². The van der Waals surface area contributed by atoms with Gasteiger partial charge in [-0.3, -0.25) is 0 Å². The first kappa shape index (κ1) is 9.65. The van der Waals surface area contributed by atoms with Gasteiger partial charge in [0.15, 0.2) is 0 Å². The smallest absolute Gasteiger partial charge is 0.133 e. The Morgan fingerprint density at radius 3 is 3.14 bits per heavy atom. The van der Waals surface area contributed by atoms with E-state index in [1.165, 1.54) is 12.2 Å². The van der Waals surface area contributed by atoms with Crippen molar-refractivity contribution in [3.05, 3.63) is 11.6 Å². The molecule has 1 atom stereocenters. The third-order valence-electron chi connectivity index (χ3n) is 2.95. The van der Waals surface area contributed by atoms with Crippen LogP contribution >= 0.6 is 0 Å². The molecule has 1 aliphatic heterocycles. The van der Waals surface area contributed by atoms with Crippen molar-refractivity contribution in [1.82, 2.24) is 14.8 Å². The highest BCUT2D eigenvalue weighted by molar-refractivity contribution is 5.00. The Morgan fingerprint density at radius 2 is 2.36 bits per heavy atom. The van der Waals surface area contributed by atoms with Crippen LogP contribution in [0.5, 0.6) is 0 Å². The van der Waals surface area contributed by atoms with Crippen molar-refractivity contribution in [3.63, 3.8) is 0 Å². The summed E-state index contributed by atoms with van der Waals surface area (Å²) in [6.45, 7) is 4.05. The van der Waals surface area contributed by atoms with Gasteiger partial charge < -0.3 is 10.3 Å². The standard InChI is InChI=1S/C10H18N4/c1-8(7-11)4-5-10-13-12-9-3-2-6-14(9)10/h8H,2-7,11H2,1H3. The molecule has 0 amide bonds. The van der Waals surface area contributed by atoms with Gasteiger partial charge in [-0.05, 0) is 25.3 Å². The summed E-state index contributed by atoms with van der Waals surface area (Å²) in [5.41, 5.74) is 5.58. The zero-order valence-electron chi connectivity index (χ0n) is 8.74. The molecule has 1 aromatic rings. The Labute approximate surface area is 84.5 Å². The number of hydrogen-bond donors (Lipinski definition) is 1. The number of nitrogens with two attached hydrogens (primary N) is 1. The molecule has 0 saturated carbocycles. The summed E-state index contributed by atoms with van der Waals surface area (Å²) in [6, 6.07) is 0. The molecule has 78 valence electrons. The van der Waals surface area contributed by atoms with Crippen molar-refractivity contribution in [2.24, 2.45) is 11.7 Å². The Kier molecular flexibility index (Phi) is 2.82. The molecule has 0 radical (unpaired) electrons. The predicted octanol–water partition coefficient (Wildman–Crippen LogP) is 0.752. The van der Waals surface area contributed by atoms with E-state index in [0.29, 0.717) is 5.92 Å². The predicted molar refractivity (Wildman–Crippen MR) is 54.9 cm³/mol. The SMILES string of the molecule is CC(CN)CCc1nnc2n1CCC2. The zero-order chi connectivity index (χ0) is 9.97. The molecule has 0 aromatic carbocycles. The highest BCUT2D eigenvalue weighted by atomic mass is 15.3. The van der Waals surface area contributed by atoms with E-state index in [1.54, 1.807) is 0 Å². The van der Waals surface area contributed by atoms with Crippen molar-refractivity contribution >= 4 is 0 Å². The van der Waals surface area contributed by atoms with Gasteiger partial charge in [-0.2, -0.15) is 0 Å². The van der Waals surface area contributed by atoms with Gasteiger partial charge in [-0.25, -0.2) is 0 Å². The van der Waals surface area contributed by atoms with E-state index in [9.17, 15) is 0 Å². The number of hydrogen-bond acceptors (Lipinski definition) is 3. The lowest BCUT2D eigenvalue weighted by Gasteiger charge is -2.07. The highest BCUT2D eigenvalue weighted by Gasteiger charge is 2.16. The minimum Gasteiger partial charge on any atom is -0.330 e. The molecular weight excluding hydrogens is 176 g/mol. The minimum atomic E-state index is 0.587. The average Bonchev–Trinajstić information content (AvgIpc) is 2.76. The Hall–Kier alpha value is -0.900. The lowest BCUT2D eigenvalue weighted by atomic mass is 10.1. The van der Waals surface area contributed by atoms with Crippen LogP contribution in [-0.4, -0.2) is 21.3 Å². The summed E-state index contributed by atoms with van der Waals surface area (Å²) in [6.07, 6.45) is 4.46. The van der Waals surface area contributed by atoms with Crippen LogP contribution in [0, 0.1) is 5.92 Å². The van der Waals surface area contributed by atoms with Crippen LogP contribution in [0.4, 0.5) is 0 Å². The maximum Gasteiger partial charge on any atom is 0.133 e. The normalized spacial score (nSPS) is 17.0. The van der Waals surface area contributed by atoms with Crippen molar-refractivity contribution in [1.29, 1.82) is 0 Å². The van der Waals surface area contributed by atoms with Crippen molar-refractivity contribution in [3.8, 4) is 0 Å². The molecule has 1 aliphatic rings. The second kappa shape index (κ2) is 4.09. The van der Waals surface area contributed by atoms with E-state index in [-0.39, 0.29) is 0 Å². The van der Waals surface area contributed by atoms with E-state index in [0.717, 1.165) is 38.2 Å². The van der Waals surface area contributed by atoms with E-state index in [4.69, 9.17) is 5.73 Å². The summed E-state index contributed by atoms with van der Waals surface area (Å²) < 4.78 is 2.27. The molecule has 0 bridgehead atoms. The van der Waals surface area contributed by atoms with E-state index in [2.05, 4.69) is 21.7 Å². The van der Waals surface area contributed by atoms with Crippen molar-refractivity contribution in [2.45, 2.75) is 39.2 Å². The average molecular weight is 194 g/mol. The van der Waals surface area contributed by atoms with Crippen LogP contribution in [0.25, 0.3) is 0 Å². The minimum absolute atomic E-state index is 0.587. The van der Waals surface area contributed by atoms with Crippen LogP contribution in [0.1, 0.15) is 31.4 Å². The molecule has 0 spiro atoms. The van der Waals surface area contributed by atoms with Gasteiger partial charge in [-0.15, -0.1) is 10.2 Å². The number of rotatable bonds is 4. The van der Waals surface area contributed by atoms with E-state index in [1.807, 2.05) is 0 Å². The molecule has 4 nitrogen and oxygen atoms in total. The summed E-state index contributed by atoms with van der Waals surface area (Å²) in [5.74, 6) is 2.91. The van der Waals surface area contributed by atoms with Gasteiger partial charge in [0.1, 0.15) is 11.6 Å². The maximum absolute atomic E-state index is 5.58. The fraction of sp³-hybridized carbons (Fsp3) is 0.800. The fourth-order valence-corrected chi connectivity index (χ4v) is 1.89. The molecular formula is C10H18N4. The topological polar surface area (TPSA) is 56.7 Å². The quantitative estimate of drug-likeness (QED) is 0.769. The fourth-order valence-electron chi connectivity index (χ4n) is 1.89. The summed E-state index contributed by atoms with van der Waals surface area (Å²) in [4.78, 5) is 0. The van der Waals surface area contributed by atoms with Gasteiger partial charge in [0, 0.05) is 19.4 Å². The van der Waals surface area contributed by atoms with Crippen molar-refractivity contribution < 1.29 is 0 Å². The van der Waals surface area contributed by atoms with Crippen LogP contribution in [-0.2, 0) is 19.4 Å². The Balaban J connectivity index is 1.96. The number of aromatic nitrogens is 3. The molecule has 1 aromatic heterocycles. The maximum atomic E-state index is 5.58. The molecule has 1 unspecified atom stereocenters. The molecule has 4 heteroatoms. The second-order valence-electron chi connectivity index (χ2n) is 4.17. The number of fused-ring (bicyclic) bond motifs is 1. The Bertz CT molecular complexity index is 305. The number of nitrogens with zero attached hydrogens (tertiary/aromatic N) is 3. The molecule has 0 fully saturated rings. The largest absolute Gasteiger partial charge is 0.330 e. The molecule has 2 heterocycles. The van der Waals surface area contributed by atoms with E-state index < -0.39 is 0 Å². The molecule has 2 rings (SSSR count). The third-order valence-corrected chi connectivity index (χ3v) is 2.95. The monoisotopic (exact) mass is 194 g/mol. The zero-order valence-corrected chi connectivity index (χ0v) is 8.74. The third kappa shape index (κ3) is 1.80. The van der Waals surface area contributed by atoms with E-state index >= 15 is 0 Å². The first-order chi connectivity index (χ1) is 6.81.